The molecule has 1 saturated carbocycles. The molecule has 2 N–H and O–H groups in total. The van der Waals surface area contributed by atoms with Gasteiger partial charge in [0, 0.05) is 12.7 Å². The molecule has 2 atom stereocenters. The summed E-state index contributed by atoms with van der Waals surface area (Å²) in [5.41, 5.74) is 7.03. The van der Waals surface area contributed by atoms with Gasteiger partial charge < -0.3 is 10.3 Å². The molecule has 1 aromatic heterocycles. The zero-order chi connectivity index (χ0) is 12.5. The molecule has 1 aliphatic carbocycles. The first-order valence-electron chi connectivity index (χ1n) is 6.76. The molecule has 1 heterocycles. The van der Waals surface area contributed by atoms with Crippen molar-refractivity contribution in [3.8, 4) is 0 Å². The zero-order valence-electron chi connectivity index (χ0n) is 11.3. The van der Waals surface area contributed by atoms with Crippen molar-refractivity contribution in [3.05, 3.63) is 18.2 Å². The number of hydrogen-bond donors (Lipinski definition) is 1. The van der Waals surface area contributed by atoms with Crippen LogP contribution >= 0.6 is 0 Å². The first-order chi connectivity index (χ1) is 7.97. The standard InChI is InChI=1S/C14H25N3/c1-11-5-4-6-12(7-11)9-17-10-16-8-13(17)14(2,3)15/h8,10-12H,4-7,9,15H2,1-3H3. The molecule has 0 saturated heterocycles. The van der Waals surface area contributed by atoms with E-state index in [1.54, 1.807) is 0 Å². The minimum absolute atomic E-state index is 0.295. The molecule has 1 fully saturated rings. The molecule has 3 nitrogen and oxygen atoms in total. The van der Waals surface area contributed by atoms with Gasteiger partial charge in [-0.15, -0.1) is 0 Å². The third-order valence-corrected chi connectivity index (χ3v) is 3.87. The lowest BCUT2D eigenvalue weighted by molar-refractivity contribution is 0.252. The molecule has 0 radical (unpaired) electrons. The van der Waals surface area contributed by atoms with E-state index in [1.807, 2.05) is 26.4 Å². The van der Waals surface area contributed by atoms with Crippen molar-refractivity contribution >= 4 is 0 Å². The van der Waals surface area contributed by atoms with Crippen molar-refractivity contribution in [1.82, 2.24) is 9.55 Å². The van der Waals surface area contributed by atoms with Crippen LogP contribution < -0.4 is 5.73 Å². The van der Waals surface area contributed by atoms with Crippen molar-refractivity contribution in [3.63, 3.8) is 0 Å². The second kappa shape index (κ2) is 4.81. The van der Waals surface area contributed by atoms with Gasteiger partial charge in [0.2, 0.25) is 0 Å². The van der Waals surface area contributed by atoms with Crippen molar-refractivity contribution in [2.45, 2.75) is 58.5 Å². The van der Waals surface area contributed by atoms with Gasteiger partial charge in [0.1, 0.15) is 0 Å². The minimum atomic E-state index is -0.295. The molecule has 0 spiro atoms. The summed E-state index contributed by atoms with van der Waals surface area (Å²) < 4.78 is 2.25. The molecular weight excluding hydrogens is 210 g/mol. The van der Waals surface area contributed by atoms with Crippen molar-refractivity contribution < 1.29 is 0 Å². The molecule has 0 aliphatic heterocycles. The lowest BCUT2D eigenvalue weighted by Gasteiger charge is -2.29. The number of rotatable bonds is 3. The summed E-state index contributed by atoms with van der Waals surface area (Å²) >= 11 is 0. The van der Waals surface area contributed by atoms with Crippen LogP contribution in [0.5, 0.6) is 0 Å². The maximum absolute atomic E-state index is 6.17. The van der Waals surface area contributed by atoms with Gasteiger partial charge in [0.15, 0.2) is 0 Å². The van der Waals surface area contributed by atoms with E-state index in [0.29, 0.717) is 0 Å². The van der Waals surface area contributed by atoms with Crippen LogP contribution in [0.4, 0.5) is 0 Å². The topological polar surface area (TPSA) is 43.8 Å². The number of hydrogen-bond acceptors (Lipinski definition) is 2. The molecule has 1 aliphatic rings. The highest BCUT2D eigenvalue weighted by atomic mass is 15.1. The van der Waals surface area contributed by atoms with Crippen LogP contribution in [0.3, 0.4) is 0 Å². The number of nitrogens with two attached hydrogens (primary N) is 1. The molecule has 2 unspecified atom stereocenters. The predicted octanol–water partition coefficient (Wildman–Crippen LogP) is 2.90. The molecule has 3 heteroatoms. The normalized spacial score (nSPS) is 26.1. The Hall–Kier alpha value is -0.830. The molecule has 1 aromatic rings. The van der Waals surface area contributed by atoms with E-state index < -0.39 is 0 Å². The maximum Gasteiger partial charge on any atom is 0.0948 e. The van der Waals surface area contributed by atoms with Crippen LogP contribution in [0.2, 0.25) is 0 Å². The van der Waals surface area contributed by atoms with Gasteiger partial charge in [-0.25, -0.2) is 4.98 Å². The fourth-order valence-electron chi connectivity index (χ4n) is 3.01. The second-order valence-corrected chi connectivity index (χ2v) is 6.29. The molecule has 0 bridgehead atoms. The Kier molecular flexibility index (Phi) is 3.57. The van der Waals surface area contributed by atoms with Gasteiger partial charge >= 0.3 is 0 Å². The molecule has 0 aromatic carbocycles. The minimum Gasteiger partial charge on any atom is -0.333 e. The van der Waals surface area contributed by atoms with Crippen molar-refractivity contribution in [2.75, 3.05) is 0 Å². The quantitative estimate of drug-likeness (QED) is 0.875. The van der Waals surface area contributed by atoms with E-state index in [0.717, 1.165) is 24.1 Å². The Labute approximate surface area is 104 Å². The first kappa shape index (κ1) is 12.6. The maximum atomic E-state index is 6.17. The van der Waals surface area contributed by atoms with Crippen LogP contribution in [-0.4, -0.2) is 9.55 Å². The van der Waals surface area contributed by atoms with Crippen LogP contribution in [0.1, 0.15) is 52.1 Å². The second-order valence-electron chi connectivity index (χ2n) is 6.29. The van der Waals surface area contributed by atoms with E-state index in [1.165, 1.54) is 25.7 Å². The largest absolute Gasteiger partial charge is 0.333 e. The summed E-state index contributed by atoms with van der Waals surface area (Å²) in [4.78, 5) is 4.26. The van der Waals surface area contributed by atoms with E-state index in [9.17, 15) is 0 Å². The Morgan fingerprint density at radius 1 is 1.47 bits per heavy atom. The highest BCUT2D eigenvalue weighted by Gasteiger charge is 2.23. The third-order valence-electron chi connectivity index (χ3n) is 3.87. The Balaban J connectivity index is 2.06. The van der Waals surface area contributed by atoms with E-state index >= 15 is 0 Å². The van der Waals surface area contributed by atoms with E-state index in [-0.39, 0.29) is 5.54 Å². The van der Waals surface area contributed by atoms with Crippen LogP contribution in [-0.2, 0) is 12.1 Å². The van der Waals surface area contributed by atoms with E-state index in [4.69, 9.17) is 5.73 Å². The smallest absolute Gasteiger partial charge is 0.0948 e. The predicted molar refractivity (Wildman–Crippen MR) is 70.6 cm³/mol. The summed E-state index contributed by atoms with van der Waals surface area (Å²) in [5, 5.41) is 0. The van der Waals surface area contributed by atoms with Crippen molar-refractivity contribution in [1.29, 1.82) is 0 Å². The van der Waals surface area contributed by atoms with Gasteiger partial charge in [0.05, 0.1) is 17.6 Å². The van der Waals surface area contributed by atoms with Gasteiger partial charge in [-0.05, 0) is 38.5 Å². The monoisotopic (exact) mass is 235 g/mol. The lowest BCUT2D eigenvalue weighted by atomic mass is 9.82. The lowest BCUT2D eigenvalue weighted by Crippen LogP contribution is -2.32. The molecule has 96 valence electrons. The summed E-state index contributed by atoms with van der Waals surface area (Å²) in [5.74, 6) is 1.68. The summed E-state index contributed by atoms with van der Waals surface area (Å²) in [6.45, 7) is 7.54. The molecule has 0 amide bonds. The third kappa shape index (κ3) is 3.09. The molecule has 17 heavy (non-hydrogen) atoms. The van der Waals surface area contributed by atoms with Gasteiger partial charge in [-0.1, -0.05) is 19.8 Å². The average molecular weight is 235 g/mol. The first-order valence-corrected chi connectivity index (χ1v) is 6.76. The van der Waals surface area contributed by atoms with Crippen LogP contribution in [0.15, 0.2) is 12.5 Å². The fourth-order valence-corrected chi connectivity index (χ4v) is 3.01. The van der Waals surface area contributed by atoms with Gasteiger partial charge in [0.25, 0.3) is 0 Å². The SMILES string of the molecule is CC1CCCC(Cn2cncc2C(C)(C)N)C1. The summed E-state index contributed by atoms with van der Waals surface area (Å²) in [6, 6.07) is 0. The van der Waals surface area contributed by atoms with E-state index in [2.05, 4.69) is 16.5 Å². The Bertz CT molecular complexity index is 362. The summed E-state index contributed by atoms with van der Waals surface area (Å²) in [6.07, 6.45) is 9.32. The Morgan fingerprint density at radius 2 is 2.24 bits per heavy atom. The van der Waals surface area contributed by atoms with Crippen LogP contribution in [0.25, 0.3) is 0 Å². The average Bonchev–Trinajstić information content (AvgIpc) is 2.65. The molecule has 2 rings (SSSR count). The van der Waals surface area contributed by atoms with Crippen molar-refractivity contribution in [2.24, 2.45) is 17.6 Å². The zero-order valence-corrected chi connectivity index (χ0v) is 11.3. The number of nitrogens with zero attached hydrogens (tertiary/aromatic N) is 2. The number of imidazole rings is 1. The van der Waals surface area contributed by atoms with Gasteiger partial charge in [-0.3, -0.25) is 0 Å². The highest BCUT2D eigenvalue weighted by Crippen LogP contribution is 2.30. The van der Waals surface area contributed by atoms with Crippen LogP contribution in [0, 0.1) is 11.8 Å². The summed E-state index contributed by atoms with van der Waals surface area (Å²) in [7, 11) is 0. The number of aromatic nitrogens is 2. The van der Waals surface area contributed by atoms with Gasteiger partial charge in [-0.2, -0.15) is 0 Å². The fraction of sp³-hybridized carbons (Fsp3) is 0.786. The Morgan fingerprint density at radius 3 is 2.88 bits per heavy atom. The molecular formula is C14H25N3. The highest BCUT2D eigenvalue weighted by molar-refractivity contribution is 5.10.